The molecule has 0 spiro atoms. The van der Waals surface area contributed by atoms with Crippen LogP contribution in [0, 0.1) is 5.92 Å². The van der Waals surface area contributed by atoms with Gasteiger partial charge in [-0.05, 0) is 36.5 Å². The largest absolute Gasteiger partial charge is 0.433 e. The summed E-state index contributed by atoms with van der Waals surface area (Å²) in [5, 5.41) is 14.2. The molecular weight excluding hydrogens is 399 g/mol. The topological polar surface area (TPSA) is 90.4 Å². The van der Waals surface area contributed by atoms with Crippen LogP contribution in [0.5, 0.6) is 0 Å². The number of hydrogen-bond acceptors (Lipinski definition) is 5. The van der Waals surface area contributed by atoms with Crippen molar-refractivity contribution in [1.82, 2.24) is 15.3 Å². The van der Waals surface area contributed by atoms with Crippen molar-refractivity contribution in [2.24, 2.45) is 5.92 Å². The summed E-state index contributed by atoms with van der Waals surface area (Å²) in [6.07, 6.45) is -1.35. The van der Waals surface area contributed by atoms with Crippen LogP contribution in [0.15, 0.2) is 30.5 Å². The van der Waals surface area contributed by atoms with Gasteiger partial charge in [0.2, 0.25) is 0 Å². The molecule has 0 aromatic carbocycles. The molecule has 2 aromatic heterocycles. The molecular formula is C20H24F3N5O2. The zero-order valence-electron chi connectivity index (χ0n) is 16.5. The van der Waals surface area contributed by atoms with E-state index in [4.69, 9.17) is 5.11 Å². The minimum atomic E-state index is -4.53. The van der Waals surface area contributed by atoms with E-state index in [0.29, 0.717) is 36.0 Å². The number of halogens is 3. The molecule has 0 unspecified atom stereocenters. The number of carbonyl (C=O) groups excluding carboxylic acids is 1. The maximum atomic E-state index is 13.2. The highest BCUT2D eigenvalue weighted by Gasteiger charge is 2.34. The molecule has 30 heavy (non-hydrogen) atoms. The first kappa shape index (κ1) is 21.8. The van der Waals surface area contributed by atoms with Crippen LogP contribution < -0.4 is 15.5 Å². The fourth-order valence-electron chi connectivity index (χ4n) is 3.20. The summed E-state index contributed by atoms with van der Waals surface area (Å²) in [6, 6.07) is 4.92. The smallest absolute Gasteiger partial charge is 0.392 e. The number of pyridine rings is 2. The molecule has 1 aliphatic rings. The third-order valence-electron chi connectivity index (χ3n) is 5.02. The standard InChI is InChI=1S/C20H24F3N5O2/c1-13-6-8-28(9-7-13)18-15(3-4-16(26-18)20(21,22)23)11-25-19(30)27-17-5-2-14(12-29)10-24-17/h2-5,10,13,29H,6-9,11-12H2,1H3,(H2,24,25,27,30). The van der Waals surface area contributed by atoms with Gasteiger partial charge in [-0.15, -0.1) is 0 Å². The summed E-state index contributed by atoms with van der Waals surface area (Å²) in [5.41, 5.74) is 0.172. The molecule has 10 heteroatoms. The Labute approximate surface area is 172 Å². The Kier molecular flexibility index (Phi) is 6.76. The number of carbonyl (C=O) groups is 1. The molecule has 3 heterocycles. The van der Waals surface area contributed by atoms with Gasteiger partial charge < -0.3 is 15.3 Å². The lowest BCUT2D eigenvalue weighted by Crippen LogP contribution is -2.36. The van der Waals surface area contributed by atoms with Crippen LogP contribution in [0.25, 0.3) is 0 Å². The number of amides is 2. The number of urea groups is 1. The third-order valence-corrected chi connectivity index (χ3v) is 5.02. The van der Waals surface area contributed by atoms with E-state index in [1.807, 2.05) is 4.90 Å². The van der Waals surface area contributed by atoms with Gasteiger partial charge in [-0.2, -0.15) is 13.2 Å². The number of aromatic nitrogens is 2. The molecule has 0 aliphatic carbocycles. The predicted octanol–water partition coefficient (Wildman–Crippen LogP) is 3.55. The van der Waals surface area contributed by atoms with E-state index in [2.05, 4.69) is 27.5 Å². The van der Waals surface area contributed by atoms with Crippen LogP contribution in [-0.4, -0.2) is 34.2 Å². The molecule has 2 amide bonds. The second kappa shape index (κ2) is 9.29. The number of hydrogen-bond donors (Lipinski definition) is 3. The second-order valence-corrected chi connectivity index (χ2v) is 7.36. The molecule has 1 saturated heterocycles. The maximum absolute atomic E-state index is 13.2. The molecule has 0 radical (unpaired) electrons. The van der Waals surface area contributed by atoms with Crippen molar-refractivity contribution in [3.8, 4) is 0 Å². The molecule has 2 aromatic rings. The average molecular weight is 423 g/mol. The Hall–Kier alpha value is -2.88. The fourth-order valence-corrected chi connectivity index (χ4v) is 3.20. The number of nitrogens with zero attached hydrogens (tertiary/aromatic N) is 3. The van der Waals surface area contributed by atoms with E-state index in [9.17, 15) is 18.0 Å². The number of anilines is 2. The van der Waals surface area contributed by atoms with Crippen molar-refractivity contribution in [3.05, 3.63) is 47.3 Å². The van der Waals surface area contributed by atoms with Crippen molar-refractivity contribution in [2.45, 2.75) is 39.1 Å². The van der Waals surface area contributed by atoms with E-state index in [1.54, 1.807) is 12.1 Å². The van der Waals surface area contributed by atoms with Crippen molar-refractivity contribution in [1.29, 1.82) is 0 Å². The number of aliphatic hydroxyl groups is 1. The normalized spacial score (nSPS) is 15.2. The van der Waals surface area contributed by atoms with Gasteiger partial charge in [0.05, 0.1) is 6.61 Å². The molecule has 7 nitrogen and oxygen atoms in total. The monoisotopic (exact) mass is 423 g/mol. The summed E-state index contributed by atoms with van der Waals surface area (Å²) in [5.74, 6) is 1.06. The van der Waals surface area contributed by atoms with E-state index in [0.717, 1.165) is 18.9 Å². The SMILES string of the molecule is CC1CCN(c2nc(C(F)(F)F)ccc2CNC(=O)Nc2ccc(CO)cn2)CC1. The molecule has 3 rings (SSSR count). The van der Waals surface area contributed by atoms with Crippen molar-refractivity contribution < 1.29 is 23.1 Å². The quantitative estimate of drug-likeness (QED) is 0.684. The number of alkyl halides is 3. The van der Waals surface area contributed by atoms with Crippen LogP contribution in [-0.2, 0) is 19.3 Å². The Morgan fingerprint density at radius 2 is 1.97 bits per heavy atom. The van der Waals surface area contributed by atoms with E-state index in [-0.39, 0.29) is 19.0 Å². The number of piperidine rings is 1. The van der Waals surface area contributed by atoms with Gasteiger partial charge in [0, 0.05) is 31.4 Å². The lowest BCUT2D eigenvalue weighted by molar-refractivity contribution is -0.141. The number of nitrogens with one attached hydrogen (secondary N) is 2. The molecule has 1 aliphatic heterocycles. The predicted molar refractivity (Wildman–Crippen MR) is 106 cm³/mol. The van der Waals surface area contributed by atoms with E-state index >= 15 is 0 Å². The Morgan fingerprint density at radius 3 is 2.57 bits per heavy atom. The minimum absolute atomic E-state index is 0.0209. The van der Waals surface area contributed by atoms with Gasteiger partial charge in [-0.1, -0.05) is 19.1 Å². The summed E-state index contributed by atoms with van der Waals surface area (Å²) in [4.78, 5) is 21.9. The first-order valence-electron chi connectivity index (χ1n) is 9.69. The van der Waals surface area contributed by atoms with E-state index < -0.39 is 17.9 Å². The summed E-state index contributed by atoms with van der Waals surface area (Å²) >= 11 is 0. The van der Waals surface area contributed by atoms with Gasteiger partial charge in [0.1, 0.15) is 17.3 Å². The van der Waals surface area contributed by atoms with Gasteiger partial charge >= 0.3 is 12.2 Å². The fraction of sp³-hybridized carbons (Fsp3) is 0.450. The van der Waals surface area contributed by atoms with Crippen molar-refractivity contribution in [2.75, 3.05) is 23.3 Å². The molecule has 3 N–H and O–H groups in total. The summed E-state index contributed by atoms with van der Waals surface area (Å²) < 4.78 is 39.5. The molecule has 162 valence electrons. The van der Waals surface area contributed by atoms with Crippen LogP contribution in [0.3, 0.4) is 0 Å². The third kappa shape index (κ3) is 5.59. The van der Waals surface area contributed by atoms with E-state index in [1.165, 1.54) is 12.3 Å². The molecule has 0 atom stereocenters. The highest BCUT2D eigenvalue weighted by Crippen LogP contribution is 2.32. The van der Waals surface area contributed by atoms with Gasteiger partial charge in [-0.25, -0.2) is 14.8 Å². The first-order chi connectivity index (χ1) is 14.3. The van der Waals surface area contributed by atoms with Gasteiger partial charge in [0.15, 0.2) is 0 Å². The average Bonchev–Trinajstić information content (AvgIpc) is 2.72. The summed E-state index contributed by atoms with van der Waals surface area (Å²) in [6.45, 7) is 3.22. The molecule has 0 saturated carbocycles. The minimum Gasteiger partial charge on any atom is -0.392 e. The van der Waals surface area contributed by atoms with Gasteiger partial charge in [-0.3, -0.25) is 5.32 Å². The zero-order chi connectivity index (χ0) is 21.7. The Balaban J connectivity index is 1.71. The van der Waals surface area contributed by atoms with Gasteiger partial charge in [0.25, 0.3) is 0 Å². The molecule has 0 bridgehead atoms. The highest BCUT2D eigenvalue weighted by atomic mass is 19.4. The zero-order valence-corrected chi connectivity index (χ0v) is 16.5. The maximum Gasteiger partial charge on any atom is 0.433 e. The highest BCUT2D eigenvalue weighted by molar-refractivity contribution is 5.88. The summed E-state index contributed by atoms with van der Waals surface area (Å²) in [7, 11) is 0. The first-order valence-corrected chi connectivity index (χ1v) is 9.69. The van der Waals surface area contributed by atoms with Crippen LogP contribution >= 0.6 is 0 Å². The second-order valence-electron chi connectivity index (χ2n) is 7.36. The lowest BCUT2D eigenvalue weighted by Gasteiger charge is -2.33. The molecule has 1 fully saturated rings. The van der Waals surface area contributed by atoms with Crippen LogP contribution in [0.2, 0.25) is 0 Å². The Morgan fingerprint density at radius 1 is 1.23 bits per heavy atom. The van der Waals surface area contributed by atoms with Crippen LogP contribution in [0.1, 0.15) is 36.6 Å². The number of rotatable bonds is 5. The van der Waals surface area contributed by atoms with Crippen LogP contribution in [0.4, 0.5) is 29.6 Å². The lowest BCUT2D eigenvalue weighted by atomic mass is 9.99. The number of aliphatic hydroxyl groups excluding tert-OH is 1. The Bertz CT molecular complexity index is 866. The van der Waals surface area contributed by atoms with Crippen molar-refractivity contribution >= 4 is 17.7 Å². The van der Waals surface area contributed by atoms with Crippen molar-refractivity contribution in [3.63, 3.8) is 0 Å².